The van der Waals surface area contributed by atoms with Crippen LogP contribution in [-0.4, -0.2) is 32.3 Å². The van der Waals surface area contributed by atoms with Crippen molar-refractivity contribution >= 4 is 11.6 Å². The van der Waals surface area contributed by atoms with Crippen molar-refractivity contribution in [3.05, 3.63) is 29.8 Å². The molecule has 1 aliphatic rings. The number of rotatable bonds is 5. The van der Waals surface area contributed by atoms with Gasteiger partial charge in [-0.05, 0) is 30.7 Å². The molecule has 0 aliphatic carbocycles. The fraction of sp³-hybridized carbons (Fsp3) is 0.429. The minimum atomic E-state index is -0.191. The zero-order valence-corrected chi connectivity index (χ0v) is 10.6. The second-order valence-corrected chi connectivity index (χ2v) is 4.48. The molecule has 0 spiro atoms. The van der Waals surface area contributed by atoms with E-state index in [4.69, 9.17) is 14.7 Å². The Morgan fingerprint density at radius 3 is 2.89 bits per heavy atom. The van der Waals surface area contributed by atoms with Crippen molar-refractivity contribution in [3.63, 3.8) is 0 Å². The molecule has 1 aromatic carbocycles. The minimum absolute atomic E-state index is 0.0382. The minimum Gasteiger partial charge on any atom is -0.381 e. The molecule has 2 rings (SSSR count). The van der Waals surface area contributed by atoms with E-state index in [9.17, 15) is 4.79 Å². The molecule has 5 heteroatoms. The Labute approximate surface area is 112 Å². The first-order valence-corrected chi connectivity index (χ1v) is 6.23. The van der Waals surface area contributed by atoms with Gasteiger partial charge in [0.15, 0.2) is 0 Å². The Balaban J connectivity index is 1.69. The van der Waals surface area contributed by atoms with Crippen molar-refractivity contribution in [1.29, 1.82) is 5.26 Å². The first kappa shape index (κ1) is 13.5. The topological polar surface area (TPSA) is 71.4 Å². The average molecular weight is 260 g/mol. The largest absolute Gasteiger partial charge is 0.381 e. The predicted octanol–water partition coefficient (Wildman–Crippen LogP) is 1.55. The van der Waals surface area contributed by atoms with Crippen molar-refractivity contribution in [3.8, 4) is 6.07 Å². The standard InChI is InChI=1S/C14H16N2O3/c15-7-11-1-3-13(4-2-11)16-14(17)10-19-9-12-5-6-18-8-12/h1-4,12H,5-6,8-10H2,(H,16,17). The van der Waals surface area contributed by atoms with Crippen LogP contribution in [0.1, 0.15) is 12.0 Å². The van der Waals surface area contributed by atoms with E-state index in [2.05, 4.69) is 5.32 Å². The molecule has 0 radical (unpaired) electrons. The highest BCUT2D eigenvalue weighted by atomic mass is 16.5. The first-order chi connectivity index (χ1) is 9.28. The van der Waals surface area contributed by atoms with E-state index < -0.39 is 0 Å². The summed E-state index contributed by atoms with van der Waals surface area (Å²) in [5.41, 5.74) is 1.23. The number of carbonyl (C=O) groups excluding carboxylic acids is 1. The van der Waals surface area contributed by atoms with Crippen LogP contribution in [-0.2, 0) is 14.3 Å². The van der Waals surface area contributed by atoms with E-state index in [1.165, 1.54) is 0 Å². The maximum atomic E-state index is 11.6. The molecule has 1 fully saturated rings. The van der Waals surface area contributed by atoms with Crippen LogP contribution in [0.15, 0.2) is 24.3 Å². The Bertz CT molecular complexity index is 459. The van der Waals surface area contributed by atoms with Crippen molar-refractivity contribution < 1.29 is 14.3 Å². The fourth-order valence-corrected chi connectivity index (χ4v) is 1.86. The molecule has 1 atom stereocenters. The lowest BCUT2D eigenvalue weighted by atomic mass is 10.1. The van der Waals surface area contributed by atoms with Crippen molar-refractivity contribution in [2.75, 3.05) is 31.7 Å². The molecule has 1 aliphatic heterocycles. The summed E-state index contributed by atoms with van der Waals surface area (Å²) >= 11 is 0. The third-order valence-corrected chi connectivity index (χ3v) is 2.91. The van der Waals surface area contributed by atoms with Crippen LogP contribution >= 0.6 is 0 Å². The lowest BCUT2D eigenvalue weighted by molar-refractivity contribution is -0.121. The summed E-state index contributed by atoms with van der Waals surface area (Å²) in [6.45, 7) is 2.10. The Kier molecular flexibility index (Phi) is 4.90. The van der Waals surface area contributed by atoms with Crippen molar-refractivity contribution in [2.45, 2.75) is 6.42 Å². The number of benzene rings is 1. The number of amides is 1. The van der Waals surface area contributed by atoms with E-state index in [0.717, 1.165) is 19.6 Å². The monoisotopic (exact) mass is 260 g/mol. The van der Waals surface area contributed by atoms with Gasteiger partial charge < -0.3 is 14.8 Å². The summed E-state index contributed by atoms with van der Waals surface area (Å²) in [6.07, 6.45) is 0.997. The van der Waals surface area contributed by atoms with Gasteiger partial charge >= 0.3 is 0 Å². The van der Waals surface area contributed by atoms with E-state index in [1.807, 2.05) is 6.07 Å². The van der Waals surface area contributed by atoms with Gasteiger partial charge in [0.1, 0.15) is 6.61 Å². The molecule has 0 aromatic heterocycles. The molecule has 1 amide bonds. The SMILES string of the molecule is N#Cc1ccc(NC(=O)COCC2CCOC2)cc1. The van der Waals surface area contributed by atoms with Crippen LogP contribution in [0, 0.1) is 17.2 Å². The van der Waals surface area contributed by atoms with Gasteiger partial charge in [0.2, 0.25) is 5.91 Å². The number of nitriles is 1. The summed E-state index contributed by atoms with van der Waals surface area (Å²) in [5.74, 6) is 0.214. The van der Waals surface area contributed by atoms with Crippen LogP contribution in [0.25, 0.3) is 0 Å². The zero-order chi connectivity index (χ0) is 13.5. The van der Waals surface area contributed by atoms with E-state index in [1.54, 1.807) is 24.3 Å². The van der Waals surface area contributed by atoms with Gasteiger partial charge in [-0.3, -0.25) is 4.79 Å². The van der Waals surface area contributed by atoms with Gasteiger partial charge in [0.25, 0.3) is 0 Å². The number of anilines is 1. The number of nitrogens with one attached hydrogen (secondary N) is 1. The van der Waals surface area contributed by atoms with E-state index in [-0.39, 0.29) is 12.5 Å². The molecule has 1 N–H and O–H groups in total. The third kappa shape index (κ3) is 4.36. The van der Waals surface area contributed by atoms with Crippen LogP contribution in [0.2, 0.25) is 0 Å². The number of nitrogens with zero attached hydrogens (tertiary/aromatic N) is 1. The lowest BCUT2D eigenvalue weighted by Crippen LogP contribution is -2.20. The average Bonchev–Trinajstić information content (AvgIpc) is 2.93. The van der Waals surface area contributed by atoms with Gasteiger partial charge in [-0.25, -0.2) is 0 Å². The molecule has 1 aromatic rings. The molecular formula is C14H16N2O3. The number of ether oxygens (including phenoxy) is 2. The van der Waals surface area contributed by atoms with Gasteiger partial charge in [-0.15, -0.1) is 0 Å². The fourth-order valence-electron chi connectivity index (χ4n) is 1.86. The maximum Gasteiger partial charge on any atom is 0.250 e. The summed E-state index contributed by atoms with van der Waals surface area (Å²) in [5, 5.41) is 11.4. The van der Waals surface area contributed by atoms with Crippen LogP contribution < -0.4 is 5.32 Å². The summed E-state index contributed by atoms with van der Waals surface area (Å²) in [6, 6.07) is 8.73. The number of hydrogen-bond acceptors (Lipinski definition) is 4. The molecule has 1 heterocycles. The van der Waals surface area contributed by atoms with Gasteiger partial charge in [-0.2, -0.15) is 5.26 Å². The molecule has 0 saturated carbocycles. The molecular weight excluding hydrogens is 244 g/mol. The summed E-state index contributed by atoms with van der Waals surface area (Å²) < 4.78 is 10.6. The van der Waals surface area contributed by atoms with Gasteiger partial charge in [0, 0.05) is 18.2 Å². The Morgan fingerprint density at radius 2 is 2.26 bits per heavy atom. The summed E-state index contributed by atoms with van der Waals surface area (Å²) in [7, 11) is 0. The Morgan fingerprint density at radius 1 is 1.47 bits per heavy atom. The number of hydrogen-bond donors (Lipinski definition) is 1. The highest BCUT2D eigenvalue weighted by molar-refractivity contribution is 5.91. The van der Waals surface area contributed by atoms with Gasteiger partial charge in [-0.1, -0.05) is 0 Å². The number of carbonyl (C=O) groups is 1. The second-order valence-electron chi connectivity index (χ2n) is 4.48. The molecule has 1 unspecified atom stereocenters. The molecule has 5 nitrogen and oxygen atoms in total. The van der Waals surface area contributed by atoms with Crippen LogP contribution in [0.3, 0.4) is 0 Å². The van der Waals surface area contributed by atoms with Crippen LogP contribution in [0.5, 0.6) is 0 Å². The third-order valence-electron chi connectivity index (χ3n) is 2.91. The summed E-state index contributed by atoms with van der Waals surface area (Å²) in [4.78, 5) is 11.6. The molecule has 0 bridgehead atoms. The second kappa shape index (κ2) is 6.88. The maximum absolute atomic E-state index is 11.6. The van der Waals surface area contributed by atoms with Crippen molar-refractivity contribution in [1.82, 2.24) is 0 Å². The zero-order valence-electron chi connectivity index (χ0n) is 10.6. The van der Waals surface area contributed by atoms with Crippen LogP contribution in [0.4, 0.5) is 5.69 Å². The molecule has 19 heavy (non-hydrogen) atoms. The van der Waals surface area contributed by atoms with Crippen molar-refractivity contribution in [2.24, 2.45) is 5.92 Å². The first-order valence-electron chi connectivity index (χ1n) is 6.23. The molecule has 1 saturated heterocycles. The highest BCUT2D eigenvalue weighted by Gasteiger charge is 2.16. The lowest BCUT2D eigenvalue weighted by Gasteiger charge is -2.09. The quantitative estimate of drug-likeness (QED) is 0.872. The van der Waals surface area contributed by atoms with E-state index in [0.29, 0.717) is 23.8 Å². The predicted molar refractivity (Wildman–Crippen MR) is 69.5 cm³/mol. The Hall–Kier alpha value is -1.90. The molecule has 100 valence electrons. The normalized spacial score (nSPS) is 17.9. The highest BCUT2D eigenvalue weighted by Crippen LogP contribution is 2.12. The van der Waals surface area contributed by atoms with E-state index >= 15 is 0 Å². The van der Waals surface area contributed by atoms with Gasteiger partial charge in [0.05, 0.1) is 24.8 Å². The smallest absolute Gasteiger partial charge is 0.250 e.